The number of aromatic hydroxyl groups is 1. The van der Waals surface area contributed by atoms with Crippen molar-refractivity contribution in [1.29, 1.82) is 0 Å². The second kappa shape index (κ2) is 12.0. The molecule has 0 atom stereocenters. The number of aryl methyl sites for hydroxylation is 1. The van der Waals surface area contributed by atoms with Crippen LogP contribution in [0.25, 0.3) is 0 Å². The van der Waals surface area contributed by atoms with E-state index >= 15 is 0 Å². The van der Waals surface area contributed by atoms with E-state index in [4.69, 9.17) is 4.74 Å². The van der Waals surface area contributed by atoms with Crippen molar-refractivity contribution in [3.8, 4) is 11.5 Å². The standard InChI is InChI=1S/C25H23F2N3O4.C2H6/c1-17-7-2-3-8-18(17)15-29-16-28(25(33)23-24(32)20(31)11-13-30(23)29)12-4-5-14-34-21-10-6-9-19(26)22(21)27;1-2/h2-11,13,32H,12,14-16H2,1H3;1-2H3/b5-4+;. The van der Waals surface area contributed by atoms with Gasteiger partial charge in [-0.3, -0.25) is 19.3 Å². The molecule has 0 fully saturated rings. The van der Waals surface area contributed by atoms with Crippen LogP contribution in [0.5, 0.6) is 11.5 Å². The Bertz CT molecular complexity index is 1310. The number of pyridine rings is 1. The van der Waals surface area contributed by atoms with E-state index in [1.165, 1.54) is 34.0 Å². The SMILES string of the molecule is CC.Cc1ccccc1CN1CN(C/C=C/COc2cccc(F)c2F)C(=O)c2c(O)c(=O)ccn21. The van der Waals surface area contributed by atoms with Crippen LogP contribution in [0.2, 0.25) is 0 Å². The molecule has 1 aliphatic heterocycles. The molecule has 0 saturated heterocycles. The summed E-state index contributed by atoms with van der Waals surface area (Å²) in [5.74, 6) is -3.38. The van der Waals surface area contributed by atoms with Crippen molar-refractivity contribution in [2.75, 3.05) is 24.8 Å². The Kier molecular flexibility index (Phi) is 8.83. The van der Waals surface area contributed by atoms with Gasteiger partial charge in [0.15, 0.2) is 23.0 Å². The first-order valence-corrected chi connectivity index (χ1v) is 11.6. The van der Waals surface area contributed by atoms with Crippen molar-refractivity contribution in [1.82, 2.24) is 9.58 Å². The van der Waals surface area contributed by atoms with Crippen molar-refractivity contribution in [2.45, 2.75) is 27.3 Å². The highest BCUT2D eigenvalue weighted by atomic mass is 19.2. The predicted molar refractivity (Wildman–Crippen MR) is 134 cm³/mol. The maximum absolute atomic E-state index is 13.7. The van der Waals surface area contributed by atoms with Crippen molar-refractivity contribution in [3.05, 3.63) is 106 Å². The van der Waals surface area contributed by atoms with Crippen LogP contribution in [0.1, 0.15) is 35.5 Å². The number of aromatic nitrogens is 1. The van der Waals surface area contributed by atoms with Crippen LogP contribution in [0.4, 0.5) is 8.78 Å². The van der Waals surface area contributed by atoms with Gasteiger partial charge >= 0.3 is 0 Å². The smallest absolute Gasteiger partial charge is 0.278 e. The molecule has 1 amide bonds. The van der Waals surface area contributed by atoms with Gasteiger partial charge in [0.05, 0.1) is 6.54 Å². The minimum Gasteiger partial charge on any atom is -0.502 e. The molecule has 9 heteroatoms. The van der Waals surface area contributed by atoms with Gasteiger partial charge in [-0.15, -0.1) is 0 Å². The van der Waals surface area contributed by atoms with Gasteiger partial charge in [-0.1, -0.05) is 50.3 Å². The molecule has 4 rings (SSSR count). The van der Waals surface area contributed by atoms with Crippen molar-refractivity contribution >= 4 is 5.91 Å². The van der Waals surface area contributed by atoms with Crippen LogP contribution in [0.3, 0.4) is 0 Å². The fourth-order valence-electron chi connectivity index (χ4n) is 3.69. The number of hydrogen-bond donors (Lipinski definition) is 1. The summed E-state index contributed by atoms with van der Waals surface area (Å²) in [7, 11) is 0. The second-order valence-electron chi connectivity index (χ2n) is 7.82. The van der Waals surface area contributed by atoms with E-state index in [0.29, 0.717) is 6.54 Å². The fraction of sp³-hybridized carbons (Fsp3) is 0.259. The van der Waals surface area contributed by atoms with Crippen molar-refractivity contribution < 1.29 is 23.4 Å². The monoisotopic (exact) mass is 497 g/mol. The van der Waals surface area contributed by atoms with Gasteiger partial charge in [-0.25, -0.2) is 4.39 Å². The highest BCUT2D eigenvalue weighted by molar-refractivity contribution is 5.96. The zero-order valence-corrected chi connectivity index (χ0v) is 20.4. The van der Waals surface area contributed by atoms with E-state index in [9.17, 15) is 23.5 Å². The van der Waals surface area contributed by atoms with Gasteiger partial charge in [-0.05, 0) is 36.3 Å². The lowest BCUT2D eigenvalue weighted by Gasteiger charge is -2.39. The lowest BCUT2D eigenvalue weighted by molar-refractivity contribution is 0.0706. The minimum absolute atomic E-state index is 0.0311. The van der Waals surface area contributed by atoms with Crippen molar-refractivity contribution in [2.24, 2.45) is 0 Å². The van der Waals surface area contributed by atoms with E-state index in [1.807, 2.05) is 50.0 Å². The molecule has 0 bridgehead atoms. The number of ether oxygens (including phenoxy) is 1. The molecule has 7 nitrogen and oxygen atoms in total. The number of carbonyl (C=O) groups is 1. The Balaban J connectivity index is 0.00000176. The van der Waals surface area contributed by atoms with Crippen LogP contribution in [-0.2, 0) is 6.54 Å². The summed E-state index contributed by atoms with van der Waals surface area (Å²) in [6, 6.07) is 12.7. The summed E-state index contributed by atoms with van der Waals surface area (Å²) in [5, 5.41) is 12.2. The van der Waals surface area contributed by atoms with Gasteiger partial charge in [0.25, 0.3) is 5.91 Å². The Labute approximate surface area is 208 Å². The molecule has 2 heterocycles. The molecule has 1 N–H and O–H groups in total. The molecule has 3 aromatic rings. The van der Waals surface area contributed by atoms with E-state index in [-0.39, 0.29) is 31.3 Å². The molecule has 0 saturated carbocycles. The van der Waals surface area contributed by atoms with E-state index in [1.54, 1.807) is 12.2 Å². The predicted octanol–water partition coefficient (Wildman–Crippen LogP) is 4.35. The number of carbonyl (C=O) groups excluding carboxylic acids is 1. The number of hydrogen-bond acceptors (Lipinski definition) is 5. The summed E-state index contributed by atoms with van der Waals surface area (Å²) in [4.78, 5) is 26.5. The van der Waals surface area contributed by atoms with Gasteiger partial charge in [0, 0.05) is 18.8 Å². The second-order valence-corrected chi connectivity index (χ2v) is 7.82. The molecule has 1 aliphatic rings. The fourth-order valence-corrected chi connectivity index (χ4v) is 3.69. The van der Waals surface area contributed by atoms with Gasteiger partial charge in [0.1, 0.15) is 13.3 Å². The molecule has 2 aromatic carbocycles. The van der Waals surface area contributed by atoms with Crippen LogP contribution in [0.15, 0.2) is 71.7 Å². The topological polar surface area (TPSA) is 75.0 Å². The quantitative estimate of drug-likeness (QED) is 0.491. The highest BCUT2D eigenvalue weighted by Crippen LogP contribution is 2.22. The first kappa shape index (κ1) is 26.5. The lowest BCUT2D eigenvalue weighted by Crippen LogP contribution is -2.53. The third kappa shape index (κ3) is 5.73. The number of benzene rings is 2. The summed E-state index contributed by atoms with van der Waals surface area (Å²) in [6.45, 7) is 6.75. The van der Waals surface area contributed by atoms with Crippen LogP contribution in [-0.4, -0.2) is 40.4 Å². The Hall–Kier alpha value is -4.14. The lowest BCUT2D eigenvalue weighted by atomic mass is 10.1. The zero-order valence-electron chi connectivity index (χ0n) is 20.4. The highest BCUT2D eigenvalue weighted by Gasteiger charge is 2.31. The van der Waals surface area contributed by atoms with Crippen molar-refractivity contribution in [3.63, 3.8) is 0 Å². The summed E-state index contributed by atoms with van der Waals surface area (Å²) >= 11 is 0. The number of fused-ring (bicyclic) bond motifs is 1. The minimum atomic E-state index is -1.06. The molecule has 1 aromatic heterocycles. The van der Waals surface area contributed by atoms with Crippen LogP contribution >= 0.6 is 0 Å². The average Bonchev–Trinajstić information content (AvgIpc) is 2.88. The molecular formula is C27H29F2N3O4. The normalized spacial score (nSPS) is 12.9. The maximum Gasteiger partial charge on any atom is 0.278 e. The molecule has 190 valence electrons. The summed E-state index contributed by atoms with van der Waals surface area (Å²) in [6.07, 6.45) is 4.70. The summed E-state index contributed by atoms with van der Waals surface area (Å²) in [5.41, 5.74) is 1.35. The molecule has 0 spiro atoms. The Morgan fingerprint density at radius 1 is 1.03 bits per heavy atom. The first-order chi connectivity index (χ1) is 17.4. The molecular weight excluding hydrogens is 468 g/mol. The number of halogens is 2. The van der Waals surface area contributed by atoms with Gasteiger partial charge in [0.2, 0.25) is 11.2 Å². The molecule has 36 heavy (non-hydrogen) atoms. The Morgan fingerprint density at radius 2 is 1.78 bits per heavy atom. The molecule has 0 radical (unpaired) electrons. The maximum atomic E-state index is 13.7. The molecule has 0 aliphatic carbocycles. The van der Waals surface area contributed by atoms with Gasteiger partial charge in [-0.2, -0.15) is 4.39 Å². The number of nitrogens with zero attached hydrogens (tertiary/aromatic N) is 3. The third-order valence-corrected chi connectivity index (χ3v) is 5.54. The molecule has 0 unspecified atom stereocenters. The third-order valence-electron chi connectivity index (χ3n) is 5.54. The van der Waals surface area contributed by atoms with E-state index in [0.717, 1.165) is 17.2 Å². The van der Waals surface area contributed by atoms with E-state index in [2.05, 4.69) is 0 Å². The first-order valence-electron chi connectivity index (χ1n) is 11.6. The largest absolute Gasteiger partial charge is 0.502 e. The zero-order chi connectivity index (χ0) is 26.2. The van der Waals surface area contributed by atoms with E-state index < -0.39 is 28.7 Å². The van der Waals surface area contributed by atoms with Crippen LogP contribution in [0, 0.1) is 18.6 Å². The van der Waals surface area contributed by atoms with Gasteiger partial charge < -0.3 is 14.7 Å². The van der Waals surface area contributed by atoms with Crippen LogP contribution < -0.4 is 15.2 Å². The Morgan fingerprint density at radius 3 is 2.53 bits per heavy atom. The number of amides is 1. The average molecular weight is 498 g/mol. The number of rotatable bonds is 7. The summed E-state index contributed by atoms with van der Waals surface area (Å²) < 4.78 is 33.7.